The van der Waals surface area contributed by atoms with Crippen LogP contribution in [-0.4, -0.2) is 24.6 Å². The van der Waals surface area contributed by atoms with Gasteiger partial charge in [-0.15, -0.1) is 0 Å². The Balaban J connectivity index is 1.61. The van der Waals surface area contributed by atoms with Gasteiger partial charge in [0, 0.05) is 11.0 Å². The maximum atomic E-state index is 12.2. The molecule has 2 aromatic carbocycles. The minimum atomic E-state index is -0.625. The molecule has 2 rings (SSSR count). The average Bonchev–Trinajstić information content (AvgIpc) is 2.70. The summed E-state index contributed by atoms with van der Waals surface area (Å²) < 4.78 is 6.12. The molecule has 4 N–H and O–H groups in total. The first kappa shape index (κ1) is 21.9. The second-order valence-electron chi connectivity index (χ2n) is 6.52. The number of benzene rings is 2. The van der Waals surface area contributed by atoms with Crippen LogP contribution in [0, 0.1) is 0 Å². The molecule has 0 heterocycles. The van der Waals surface area contributed by atoms with Gasteiger partial charge in [0.05, 0.1) is 12.1 Å². The van der Waals surface area contributed by atoms with Crippen LogP contribution in [0.1, 0.15) is 36.9 Å². The van der Waals surface area contributed by atoms with E-state index in [-0.39, 0.29) is 18.6 Å². The molecule has 0 aliphatic heterocycles. The van der Waals surface area contributed by atoms with E-state index in [1.54, 1.807) is 0 Å². The van der Waals surface area contributed by atoms with Crippen molar-refractivity contribution in [3.63, 3.8) is 0 Å². The molecule has 2 amide bonds. The first-order chi connectivity index (χ1) is 13.5. The van der Waals surface area contributed by atoms with Crippen molar-refractivity contribution in [3.8, 4) is 0 Å². The molecule has 2 atom stereocenters. The lowest BCUT2D eigenvalue weighted by atomic mass is 10.1. The van der Waals surface area contributed by atoms with Crippen molar-refractivity contribution in [2.24, 2.45) is 5.73 Å². The first-order valence-electron chi connectivity index (χ1n) is 9.21. The summed E-state index contributed by atoms with van der Waals surface area (Å²) in [6, 6.07) is 16.5. The van der Waals surface area contributed by atoms with Crippen molar-refractivity contribution >= 4 is 27.9 Å². The van der Waals surface area contributed by atoms with E-state index in [2.05, 4.69) is 26.6 Å². The van der Waals surface area contributed by atoms with Crippen LogP contribution in [0.4, 0.5) is 4.79 Å². The van der Waals surface area contributed by atoms with E-state index in [9.17, 15) is 9.59 Å². The molecule has 0 fully saturated rings. The number of amides is 2. The molecule has 150 valence electrons. The van der Waals surface area contributed by atoms with Gasteiger partial charge in [-0.1, -0.05) is 58.4 Å². The molecule has 0 radical (unpaired) electrons. The molecule has 0 aliphatic rings. The highest BCUT2D eigenvalue weighted by Crippen LogP contribution is 2.16. The van der Waals surface area contributed by atoms with E-state index in [1.165, 1.54) is 0 Å². The highest BCUT2D eigenvalue weighted by atomic mass is 79.9. The Morgan fingerprint density at radius 1 is 1.11 bits per heavy atom. The standard InChI is InChI=1S/C21H26BrN3O3/c1-15(17-9-11-18(22)12-10-17)25-20(26)19(23)8-5-13-24-21(27)28-14-16-6-3-2-4-7-16/h2-4,6-7,9-12,15,19H,5,8,13-14,23H2,1H3,(H,24,27)(H,25,26)/t15-,19+/m1/s1. The quantitative estimate of drug-likeness (QED) is 0.511. The van der Waals surface area contributed by atoms with Crippen molar-refractivity contribution in [1.29, 1.82) is 0 Å². The van der Waals surface area contributed by atoms with E-state index in [0.29, 0.717) is 19.4 Å². The van der Waals surface area contributed by atoms with E-state index < -0.39 is 12.1 Å². The number of alkyl carbamates (subject to hydrolysis) is 1. The van der Waals surface area contributed by atoms with Crippen LogP contribution in [0.2, 0.25) is 0 Å². The highest BCUT2D eigenvalue weighted by Gasteiger charge is 2.16. The molecule has 0 saturated heterocycles. The molecule has 0 aromatic heterocycles. The number of carbonyl (C=O) groups is 2. The normalized spacial score (nSPS) is 12.7. The molecule has 6 nitrogen and oxygen atoms in total. The number of halogens is 1. The Bertz CT molecular complexity index is 753. The Morgan fingerprint density at radius 2 is 1.79 bits per heavy atom. The fraction of sp³-hybridized carbons (Fsp3) is 0.333. The molecule has 2 aromatic rings. The summed E-state index contributed by atoms with van der Waals surface area (Å²) in [6.45, 7) is 2.54. The van der Waals surface area contributed by atoms with E-state index in [1.807, 2.05) is 61.5 Å². The van der Waals surface area contributed by atoms with Crippen molar-refractivity contribution < 1.29 is 14.3 Å². The van der Waals surface area contributed by atoms with Crippen LogP contribution in [-0.2, 0) is 16.1 Å². The van der Waals surface area contributed by atoms with Gasteiger partial charge in [-0.2, -0.15) is 0 Å². The summed E-state index contributed by atoms with van der Waals surface area (Å²) in [6.07, 6.45) is 0.574. The number of ether oxygens (including phenoxy) is 1. The second-order valence-corrected chi connectivity index (χ2v) is 7.43. The summed E-state index contributed by atoms with van der Waals surface area (Å²) >= 11 is 3.39. The number of rotatable bonds is 9. The average molecular weight is 448 g/mol. The molecule has 0 unspecified atom stereocenters. The Morgan fingerprint density at radius 3 is 2.46 bits per heavy atom. The van der Waals surface area contributed by atoms with Crippen LogP contribution in [0.5, 0.6) is 0 Å². The molecular weight excluding hydrogens is 422 g/mol. The van der Waals surface area contributed by atoms with Crippen LogP contribution in [0.25, 0.3) is 0 Å². The van der Waals surface area contributed by atoms with Gasteiger partial charge in [-0.3, -0.25) is 4.79 Å². The fourth-order valence-electron chi connectivity index (χ4n) is 2.57. The van der Waals surface area contributed by atoms with Crippen molar-refractivity contribution in [1.82, 2.24) is 10.6 Å². The predicted octanol–water partition coefficient (Wildman–Crippen LogP) is 3.66. The van der Waals surface area contributed by atoms with Gasteiger partial charge in [0.25, 0.3) is 0 Å². The fourth-order valence-corrected chi connectivity index (χ4v) is 2.84. The molecule has 28 heavy (non-hydrogen) atoms. The van der Waals surface area contributed by atoms with Gasteiger partial charge in [-0.25, -0.2) is 4.79 Å². The highest BCUT2D eigenvalue weighted by molar-refractivity contribution is 9.10. The third kappa shape index (κ3) is 7.70. The lowest BCUT2D eigenvalue weighted by Gasteiger charge is -2.18. The molecule has 0 spiro atoms. The number of hydrogen-bond acceptors (Lipinski definition) is 4. The van der Waals surface area contributed by atoms with Crippen LogP contribution < -0.4 is 16.4 Å². The Labute approximate surface area is 174 Å². The predicted molar refractivity (Wildman–Crippen MR) is 113 cm³/mol. The summed E-state index contributed by atoms with van der Waals surface area (Å²) in [7, 11) is 0. The Kier molecular flexibility index (Phi) is 8.97. The maximum Gasteiger partial charge on any atom is 0.407 e. The topological polar surface area (TPSA) is 93.5 Å². The zero-order valence-corrected chi connectivity index (χ0v) is 17.4. The zero-order valence-electron chi connectivity index (χ0n) is 15.9. The third-order valence-corrected chi connectivity index (χ3v) is 4.77. The van der Waals surface area contributed by atoms with Crippen LogP contribution in [0.15, 0.2) is 59.1 Å². The van der Waals surface area contributed by atoms with Crippen LogP contribution in [0.3, 0.4) is 0 Å². The Hall–Kier alpha value is -2.38. The number of carbonyl (C=O) groups excluding carboxylic acids is 2. The smallest absolute Gasteiger partial charge is 0.407 e. The second kappa shape index (κ2) is 11.5. The summed E-state index contributed by atoms with van der Waals surface area (Å²) in [5.74, 6) is -0.206. The number of nitrogens with two attached hydrogens (primary N) is 1. The minimum Gasteiger partial charge on any atom is -0.445 e. The maximum absolute atomic E-state index is 12.2. The number of hydrogen-bond donors (Lipinski definition) is 3. The van der Waals surface area contributed by atoms with Crippen LogP contribution >= 0.6 is 15.9 Å². The lowest BCUT2D eigenvalue weighted by molar-refractivity contribution is -0.123. The largest absolute Gasteiger partial charge is 0.445 e. The zero-order chi connectivity index (χ0) is 20.4. The van der Waals surface area contributed by atoms with Crippen molar-refractivity contribution in [2.45, 2.75) is 38.5 Å². The van der Waals surface area contributed by atoms with Gasteiger partial charge < -0.3 is 21.1 Å². The molecule has 7 heteroatoms. The van der Waals surface area contributed by atoms with Gasteiger partial charge in [0.15, 0.2) is 0 Å². The number of nitrogens with one attached hydrogen (secondary N) is 2. The molecule has 0 saturated carbocycles. The van der Waals surface area contributed by atoms with E-state index in [4.69, 9.17) is 10.5 Å². The first-order valence-corrected chi connectivity index (χ1v) is 10.0. The van der Waals surface area contributed by atoms with Gasteiger partial charge in [0.1, 0.15) is 6.61 Å². The van der Waals surface area contributed by atoms with Gasteiger partial charge >= 0.3 is 6.09 Å². The van der Waals surface area contributed by atoms with E-state index >= 15 is 0 Å². The van der Waals surface area contributed by atoms with Gasteiger partial charge in [-0.05, 0) is 43.0 Å². The minimum absolute atomic E-state index is 0.127. The monoisotopic (exact) mass is 447 g/mol. The molecule has 0 bridgehead atoms. The summed E-state index contributed by atoms with van der Waals surface area (Å²) in [4.78, 5) is 23.9. The molecule has 0 aliphatic carbocycles. The lowest BCUT2D eigenvalue weighted by Crippen LogP contribution is -2.42. The summed E-state index contributed by atoms with van der Waals surface area (Å²) in [5, 5.41) is 5.58. The molecular formula is C21H26BrN3O3. The SMILES string of the molecule is C[C@@H](NC(=O)[C@@H](N)CCCNC(=O)OCc1ccccc1)c1ccc(Br)cc1. The van der Waals surface area contributed by atoms with Crippen molar-refractivity contribution in [3.05, 3.63) is 70.2 Å². The van der Waals surface area contributed by atoms with Crippen molar-refractivity contribution in [2.75, 3.05) is 6.54 Å². The third-order valence-electron chi connectivity index (χ3n) is 4.24. The summed E-state index contributed by atoms with van der Waals surface area (Å²) in [5.41, 5.74) is 7.89. The van der Waals surface area contributed by atoms with E-state index in [0.717, 1.165) is 15.6 Å². The van der Waals surface area contributed by atoms with Gasteiger partial charge in [0.2, 0.25) is 5.91 Å².